The summed E-state index contributed by atoms with van der Waals surface area (Å²) in [6.45, 7) is -3.65. The second kappa shape index (κ2) is 10.0. The van der Waals surface area contributed by atoms with Crippen LogP contribution in [0.25, 0.3) is 0 Å². The highest BCUT2D eigenvalue weighted by atomic mass is 35.5. The van der Waals surface area contributed by atoms with Gasteiger partial charge in [0.05, 0.1) is 16.5 Å². The molecule has 2 amide bonds. The average Bonchev–Trinajstić information content (AvgIpc) is 2.63. The molecule has 2 aromatic rings. The van der Waals surface area contributed by atoms with Crippen molar-refractivity contribution in [2.45, 2.75) is 13.0 Å². The smallest absolute Gasteiger partial charge is 0.387 e. The van der Waals surface area contributed by atoms with Gasteiger partial charge in [0.1, 0.15) is 5.75 Å². The van der Waals surface area contributed by atoms with E-state index in [1.807, 2.05) is 5.32 Å². The maximum Gasteiger partial charge on any atom is 0.387 e. The first-order chi connectivity index (χ1) is 13.2. The quantitative estimate of drug-likeness (QED) is 0.676. The number of carbonyl (C=O) groups excluding carboxylic acids is 3. The topological polar surface area (TPSA) is 81.7 Å². The van der Waals surface area contributed by atoms with Crippen LogP contribution >= 0.6 is 23.2 Å². The zero-order valence-corrected chi connectivity index (χ0v) is 15.6. The minimum Gasteiger partial charge on any atom is -0.455 e. The Morgan fingerprint density at radius 1 is 1.00 bits per heavy atom. The van der Waals surface area contributed by atoms with Gasteiger partial charge in [0.15, 0.2) is 6.61 Å². The van der Waals surface area contributed by atoms with E-state index in [0.29, 0.717) is 10.6 Å². The summed E-state index contributed by atoms with van der Waals surface area (Å²) >= 11 is 11.6. The third-order valence-corrected chi connectivity index (χ3v) is 4.03. The van der Waals surface area contributed by atoms with Crippen LogP contribution in [0.3, 0.4) is 0 Å². The molecule has 0 bridgehead atoms. The van der Waals surface area contributed by atoms with Crippen LogP contribution in [-0.2, 0) is 20.7 Å². The molecule has 0 spiro atoms. The highest BCUT2D eigenvalue weighted by Gasteiger charge is 2.14. The number of imide groups is 1. The van der Waals surface area contributed by atoms with Crippen molar-refractivity contribution in [1.29, 1.82) is 0 Å². The van der Waals surface area contributed by atoms with Crippen LogP contribution in [0.1, 0.15) is 15.9 Å². The van der Waals surface area contributed by atoms with Crippen molar-refractivity contribution in [3.05, 3.63) is 63.6 Å². The summed E-state index contributed by atoms with van der Waals surface area (Å²) in [6, 6.07) is 9.32. The Kier molecular flexibility index (Phi) is 7.71. The lowest BCUT2D eigenvalue weighted by Crippen LogP contribution is -2.34. The number of esters is 1. The molecular formula is C18H13Cl2F2NO5. The zero-order valence-electron chi connectivity index (χ0n) is 14.1. The number of hydrogen-bond acceptors (Lipinski definition) is 5. The summed E-state index contributed by atoms with van der Waals surface area (Å²) in [4.78, 5) is 35.4. The Morgan fingerprint density at radius 3 is 2.29 bits per heavy atom. The second-order valence-electron chi connectivity index (χ2n) is 5.37. The van der Waals surface area contributed by atoms with E-state index >= 15 is 0 Å². The lowest BCUT2D eigenvalue weighted by Gasteiger charge is -2.08. The van der Waals surface area contributed by atoms with Crippen LogP contribution in [0.5, 0.6) is 5.75 Å². The van der Waals surface area contributed by atoms with Crippen molar-refractivity contribution in [1.82, 2.24) is 5.32 Å². The molecule has 0 saturated carbocycles. The Bertz CT molecular complexity index is 875. The summed E-state index contributed by atoms with van der Waals surface area (Å²) in [5.74, 6) is -2.46. The van der Waals surface area contributed by atoms with Gasteiger partial charge < -0.3 is 9.47 Å². The lowest BCUT2D eigenvalue weighted by molar-refractivity contribution is -0.147. The van der Waals surface area contributed by atoms with Crippen LogP contribution in [0, 0.1) is 0 Å². The van der Waals surface area contributed by atoms with Gasteiger partial charge in [0.2, 0.25) is 0 Å². The minimum atomic E-state index is -2.99. The van der Waals surface area contributed by atoms with E-state index in [-0.39, 0.29) is 22.8 Å². The van der Waals surface area contributed by atoms with Gasteiger partial charge in [-0.1, -0.05) is 29.3 Å². The summed E-state index contributed by atoms with van der Waals surface area (Å²) in [5, 5.41) is 2.63. The molecule has 0 aliphatic rings. The Labute approximate surface area is 168 Å². The first kappa shape index (κ1) is 21.6. The molecule has 28 heavy (non-hydrogen) atoms. The van der Waals surface area contributed by atoms with Crippen molar-refractivity contribution in [2.24, 2.45) is 0 Å². The molecule has 0 aliphatic heterocycles. The third-order valence-electron chi connectivity index (χ3n) is 3.29. The van der Waals surface area contributed by atoms with Gasteiger partial charge in [-0.05, 0) is 42.0 Å². The van der Waals surface area contributed by atoms with E-state index < -0.39 is 31.0 Å². The van der Waals surface area contributed by atoms with Gasteiger partial charge in [-0.2, -0.15) is 8.78 Å². The maximum atomic E-state index is 12.1. The second-order valence-corrected chi connectivity index (χ2v) is 6.18. The van der Waals surface area contributed by atoms with Crippen LogP contribution in [-0.4, -0.2) is 31.0 Å². The molecule has 6 nitrogen and oxygen atoms in total. The molecule has 0 radical (unpaired) electrons. The molecule has 0 aliphatic carbocycles. The highest BCUT2D eigenvalue weighted by molar-refractivity contribution is 6.42. The molecule has 1 N–H and O–H groups in total. The van der Waals surface area contributed by atoms with E-state index in [2.05, 4.69) is 4.74 Å². The van der Waals surface area contributed by atoms with Gasteiger partial charge in [0, 0.05) is 5.56 Å². The first-order valence-electron chi connectivity index (χ1n) is 7.73. The normalized spacial score (nSPS) is 10.5. The number of hydrogen-bond donors (Lipinski definition) is 1. The fourth-order valence-corrected chi connectivity index (χ4v) is 2.36. The standard InChI is InChI=1S/C18H13Cl2F2NO5/c19-13-6-1-10(7-14(13)20)8-16(25)27-9-15(24)23-17(26)11-2-4-12(5-3-11)28-18(21)22/h1-7,18H,8-9H2,(H,23,24,26). The first-order valence-corrected chi connectivity index (χ1v) is 8.49. The predicted octanol–water partition coefficient (Wildman–Crippen LogP) is 3.64. The van der Waals surface area contributed by atoms with E-state index in [4.69, 9.17) is 27.9 Å². The van der Waals surface area contributed by atoms with Gasteiger partial charge in [-0.15, -0.1) is 0 Å². The van der Waals surface area contributed by atoms with Crippen LogP contribution in [0.4, 0.5) is 8.78 Å². The SMILES string of the molecule is O=C(COC(=O)Cc1ccc(Cl)c(Cl)c1)NC(=O)c1ccc(OC(F)F)cc1. The minimum absolute atomic E-state index is 0.0390. The van der Waals surface area contributed by atoms with Gasteiger partial charge in [-0.25, -0.2) is 0 Å². The number of ether oxygens (including phenoxy) is 2. The molecule has 0 atom stereocenters. The van der Waals surface area contributed by atoms with Crippen LogP contribution in [0.15, 0.2) is 42.5 Å². The summed E-state index contributed by atoms with van der Waals surface area (Å²) in [7, 11) is 0. The van der Waals surface area contributed by atoms with Crippen molar-refractivity contribution in [3.8, 4) is 5.75 Å². The van der Waals surface area contributed by atoms with Crippen molar-refractivity contribution in [2.75, 3.05) is 6.61 Å². The zero-order chi connectivity index (χ0) is 20.7. The summed E-state index contributed by atoms with van der Waals surface area (Å²) in [6.07, 6.45) is -0.135. The van der Waals surface area contributed by atoms with Gasteiger partial charge in [0.25, 0.3) is 11.8 Å². The third kappa shape index (κ3) is 6.79. The van der Waals surface area contributed by atoms with Gasteiger partial charge in [-0.3, -0.25) is 19.7 Å². The number of rotatable bonds is 7. The molecule has 0 fully saturated rings. The lowest BCUT2D eigenvalue weighted by atomic mass is 10.1. The van der Waals surface area contributed by atoms with E-state index in [1.54, 1.807) is 6.07 Å². The Hall–Kier alpha value is -2.71. The molecule has 2 aromatic carbocycles. The summed E-state index contributed by atoms with van der Waals surface area (Å²) < 4.78 is 33.1. The molecule has 0 aromatic heterocycles. The van der Waals surface area contributed by atoms with Gasteiger partial charge >= 0.3 is 12.6 Å². The molecule has 0 heterocycles. The Morgan fingerprint density at radius 2 is 1.68 bits per heavy atom. The monoisotopic (exact) mass is 431 g/mol. The number of alkyl halides is 2. The number of halogens is 4. The summed E-state index contributed by atoms with van der Waals surface area (Å²) in [5.41, 5.74) is 0.582. The number of carbonyl (C=O) groups is 3. The molecular weight excluding hydrogens is 419 g/mol. The molecule has 0 saturated heterocycles. The highest BCUT2D eigenvalue weighted by Crippen LogP contribution is 2.22. The van der Waals surface area contributed by atoms with Crippen LogP contribution < -0.4 is 10.1 Å². The molecule has 10 heteroatoms. The number of amides is 2. The number of benzene rings is 2. The van der Waals surface area contributed by atoms with E-state index in [9.17, 15) is 23.2 Å². The predicted molar refractivity (Wildman–Crippen MR) is 96.7 cm³/mol. The van der Waals surface area contributed by atoms with Crippen molar-refractivity contribution >= 4 is 41.0 Å². The fourth-order valence-electron chi connectivity index (χ4n) is 2.04. The molecule has 0 unspecified atom stereocenters. The van der Waals surface area contributed by atoms with E-state index in [1.165, 1.54) is 24.3 Å². The number of nitrogens with one attached hydrogen (secondary N) is 1. The van der Waals surface area contributed by atoms with Crippen molar-refractivity contribution in [3.63, 3.8) is 0 Å². The maximum absolute atomic E-state index is 12.1. The van der Waals surface area contributed by atoms with E-state index in [0.717, 1.165) is 12.1 Å². The Balaban J connectivity index is 1.80. The molecule has 2 rings (SSSR count). The fraction of sp³-hybridized carbons (Fsp3) is 0.167. The van der Waals surface area contributed by atoms with Crippen molar-refractivity contribution < 1.29 is 32.6 Å². The average molecular weight is 432 g/mol. The molecule has 148 valence electrons. The van der Waals surface area contributed by atoms with Crippen LogP contribution in [0.2, 0.25) is 10.0 Å². The largest absolute Gasteiger partial charge is 0.455 e.